The lowest BCUT2D eigenvalue weighted by Crippen LogP contribution is -2.05. The number of carbonyl (C=O) groups excluding carboxylic acids is 2. The molecule has 0 saturated heterocycles. The molecule has 0 heterocycles. The van der Waals surface area contributed by atoms with Crippen LogP contribution in [0.3, 0.4) is 0 Å². The maximum atomic E-state index is 11.0. The molecule has 16 heavy (non-hydrogen) atoms. The Bertz CT molecular complexity index is 246. The standard InChI is InChI=1S/C12H18O4/c1-3-9-15-11(13)7-5-6-8-12(14)16-10-4-2/h3-4,7-10H2,1-2H3. The van der Waals surface area contributed by atoms with Crippen molar-refractivity contribution in [3.05, 3.63) is 0 Å². The van der Waals surface area contributed by atoms with Gasteiger partial charge in [-0.2, -0.15) is 0 Å². The van der Waals surface area contributed by atoms with Crippen LogP contribution < -0.4 is 0 Å². The summed E-state index contributed by atoms with van der Waals surface area (Å²) >= 11 is 0. The average molecular weight is 226 g/mol. The Hall–Kier alpha value is -1.50. The number of carbonyl (C=O) groups is 2. The molecular weight excluding hydrogens is 208 g/mol. The second-order valence-corrected chi connectivity index (χ2v) is 3.15. The third-order valence-electron chi connectivity index (χ3n) is 1.52. The van der Waals surface area contributed by atoms with Crippen molar-refractivity contribution in [2.75, 3.05) is 13.2 Å². The summed E-state index contributed by atoms with van der Waals surface area (Å²) in [5, 5.41) is 0. The van der Waals surface area contributed by atoms with Gasteiger partial charge in [0.1, 0.15) is 12.8 Å². The van der Waals surface area contributed by atoms with Crippen LogP contribution in [0.15, 0.2) is 0 Å². The van der Waals surface area contributed by atoms with E-state index in [1.54, 1.807) is 0 Å². The molecule has 0 aliphatic heterocycles. The summed E-state index contributed by atoms with van der Waals surface area (Å²) in [4.78, 5) is 22.0. The van der Waals surface area contributed by atoms with Crippen molar-refractivity contribution in [2.45, 2.75) is 39.5 Å². The van der Waals surface area contributed by atoms with Gasteiger partial charge in [-0.1, -0.05) is 25.7 Å². The summed E-state index contributed by atoms with van der Waals surface area (Å²) in [6, 6.07) is 0. The van der Waals surface area contributed by atoms with Gasteiger partial charge in [-0.25, -0.2) is 0 Å². The Kier molecular flexibility index (Phi) is 9.09. The highest BCUT2D eigenvalue weighted by molar-refractivity contribution is 5.74. The molecule has 0 spiro atoms. The fraction of sp³-hybridized carbons (Fsp3) is 0.667. The van der Waals surface area contributed by atoms with Crippen LogP contribution in [0.25, 0.3) is 0 Å². The quantitative estimate of drug-likeness (QED) is 0.510. The fourth-order valence-corrected chi connectivity index (χ4v) is 0.803. The molecule has 0 unspecified atom stereocenters. The Balaban J connectivity index is 3.61. The second-order valence-electron chi connectivity index (χ2n) is 3.15. The monoisotopic (exact) mass is 226 g/mol. The van der Waals surface area contributed by atoms with Gasteiger partial charge in [0.2, 0.25) is 0 Å². The highest BCUT2D eigenvalue weighted by Crippen LogP contribution is 1.89. The summed E-state index contributed by atoms with van der Waals surface area (Å²) in [6.07, 6.45) is 1.65. The molecule has 0 fully saturated rings. The van der Waals surface area contributed by atoms with Gasteiger partial charge in [0.05, 0.1) is 13.2 Å². The van der Waals surface area contributed by atoms with Gasteiger partial charge in [0, 0.05) is 0 Å². The first-order valence-electron chi connectivity index (χ1n) is 5.47. The first-order chi connectivity index (χ1) is 7.70. The number of rotatable bonds is 6. The molecule has 0 rings (SSSR count). The maximum Gasteiger partial charge on any atom is 0.317 e. The van der Waals surface area contributed by atoms with Crippen molar-refractivity contribution in [1.82, 2.24) is 0 Å². The van der Waals surface area contributed by atoms with Gasteiger partial charge >= 0.3 is 11.9 Å². The highest BCUT2D eigenvalue weighted by atomic mass is 16.5. The Morgan fingerprint density at radius 3 is 1.56 bits per heavy atom. The van der Waals surface area contributed by atoms with E-state index in [0.717, 1.165) is 12.8 Å². The van der Waals surface area contributed by atoms with Crippen molar-refractivity contribution in [1.29, 1.82) is 0 Å². The molecule has 4 heteroatoms. The van der Waals surface area contributed by atoms with Crippen LogP contribution in [-0.4, -0.2) is 25.2 Å². The largest absolute Gasteiger partial charge is 0.465 e. The van der Waals surface area contributed by atoms with Gasteiger partial charge in [0.15, 0.2) is 0 Å². The SMILES string of the molecule is CCCOC(=O)CC#CCC(=O)OCCC. The molecule has 0 bridgehead atoms. The predicted octanol–water partition coefficient (Wildman–Crippen LogP) is 1.68. The summed E-state index contributed by atoms with van der Waals surface area (Å²) < 4.78 is 9.61. The fourth-order valence-electron chi connectivity index (χ4n) is 0.803. The average Bonchev–Trinajstić information content (AvgIpc) is 2.29. The van der Waals surface area contributed by atoms with E-state index in [1.165, 1.54) is 0 Å². The lowest BCUT2D eigenvalue weighted by molar-refractivity contribution is -0.143. The molecule has 0 aliphatic carbocycles. The first-order valence-corrected chi connectivity index (χ1v) is 5.47. The molecule has 0 N–H and O–H groups in total. The minimum Gasteiger partial charge on any atom is -0.465 e. The minimum absolute atomic E-state index is 0.0288. The lowest BCUT2D eigenvalue weighted by atomic mass is 10.3. The molecule has 4 nitrogen and oxygen atoms in total. The topological polar surface area (TPSA) is 52.6 Å². The van der Waals surface area contributed by atoms with Gasteiger partial charge < -0.3 is 9.47 Å². The van der Waals surface area contributed by atoms with Crippen LogP contribution in [0.5, 0.6) is 0 Å². The van der Waals surface area contributed by atoms with Gasteiger partial charge in [-0.15, -0.1) is 0 Å². The van der Waals surface area contributed by atoms with Crippen molar-refractivity contribution in [3.8, 4) is 11.8 Å². The van der Waals surface area contributed by atoms with E-state index in [-0.39, 0.29) is 24.8 Å². The minimum atomic E-state index is -0.351. The molecule has 0 aromatic heterocycles. The third kappa shape index (κ3) is 9.07. The van der Waals surface area contributed by atoms with Crippen molar-refractivity contribution < 1.29 is 19.1 Å². The molecule has 0 aromatic rings. The third-order valence-corrected chi connectivity index (χ3v) is 1.52. The normalized spacial score (nSPS) is 8.88. The summed E-state index contributed by atoms with van der Waals surface area (Å²) in [5.74, 6) is 4.45. The Labute approximate surface area is 96.3 Å². The molecule has 0 saturated carbocycles. The zero-order valence-electron chi connectivity index (χ0n) is 9.88. The van der Waals surface area contributed by atoms with Crippen LogP contribution in [0, 0.1) is 11.8 Å². The maximum absolute atomic E-state index is 11.0. The van der Waals surface area contributed by atoms with Crippen molar-refractivity contribution >= 4 is 11.9 Å². The summed E-state index contributed by atoms with van der Waals surface area (Å²) in [5.41, 5.74) is 0. The van der Waals surface area contributed by atoms with Crippen LogP contribution in [0.4, 0.5) is 0 Å². The molecule has 0 radical (unpaired) electrons. The zero-order chi connectivity index (χ0) is 12.2. The van der Waals surface area contributed by atoms with Gasteiger partial charge in [-0.3, -0.25) is 9.59 Å². The van der Waals surface area contributed by atoms with E-state index in [4.69, 9.17) is 9.47 Å². The molecular formula is C12H18O4. The van der Waals surface area contributed by atoms with Gasteiger partial charge in [-0.05, 0) is 12.8 Å². The van der Waals surface area contributed by atoms with E-state index in [9.17, 15) is 9.59 Å². The lowest BCUT2D eigenvalue weighted by Gasteiger charge is -1.98. The number of ether oxygens (including phenoxy) is 2. The smallest absolute Gasteiger partial charge is 0.317 e. The number of hydrogen-bond acceptors (Lipinski definition) is 4. The number of esters is 2. The summed E-state index contributed by atoms with van der Waals surface area (Å²) in [6.45, 7) is 4.67. The zero-order valence-corrected chi connectivity index (χ0v) is 9.88. The second kappa shape index (κ2) is 10.0. The molecule has 0 aliphatic rings. The van der Waals surface area contributed by atoms with E-state index < -0.39 is 0 Å². The van der Waals surface area contributed by atoms with Gasteiger partial charge in [0.25, 0.3) is 0 Å². The van der Waals surface area contributed by atoms with Crippen LogP contribution >= 0.6 is 0 Å². The predicted molar refractivity (Wildman–Crippen MR) is 59.5 cm³/mol. The molecule has 0 atom stereocenters. The van der Waals surface area contributed by atoms with E-state index in [0.29, 0.717) is 13.2 Å². The van der Waals surface area contributed by atoms with E-state index >= 15 is 0 Å². The van der Waals surface area contributed by atoms with Crippen LogP contribution in [0.2, 0.25) is 0 Å². The summed E-state index contributed by atoms with van der Waals surface area (Å²) in [7, 11) is 0. The van der Waals surface area contributed by atoms with E-state index in [1.807, 2.05) is 13.8 Å². The number of hydrogen-bond donors (Lipinski definition) is 0. The van der Waals surface area contributed by atoms with Crippen LogP contribution in [-0.2, 0) is 19.1 Å². The van der Waals surface area contributed by atoms with Crippen molar-refractivity contribution in [3.63, 3.8) is 0 Å². The molecule has 90 valence electrons. The first kappa shape index (κ1) is 14.5. The molecule has 0 amide bonds. The Morgan fingerprint density at radius 2 is 1.25 bits per heavy atom. The Morgan fingerprint density at radius 1 is 0.875 bits per heavy atom. The molecule has 0 aromatic carbocycles. The van der Waals surface area contributed by atoms with Crippen LogP contribution in [0.1, 0.15) is 39.5 Å². The van der Waals surface area contributed by atoms with Crippen molar-refractivity contribution in [2.24, 2.45) is 0 Å². The highest BCUT2D eigenvalue weighted by Gasteiger charge is 1.99. The van der Waals surface area contributed by atoms with E-state index in [2.05, 4.69) is 11.8 Å².